The van der Waals surface area contributed by atoms with Crippen LogP contribution in [0.4, 0.5) is 0 Å². The Morgan fingerprint density at radius 3 is 1.50 bits per heavy atom. The van der Waals surface area contributed by atoms with Crippen molar-refractivity contribution in [1.82, 2.24) is 0 Å². The van der Waals surface area contributed by atoms with Crippen LogP contribution in [0.2, 0.25) is 5.09 Å². The molecule has 0 heterocycles. The van der Waals surface area contributed by atoms with Crippen LogP contribution in [-0.2, 0) is 0 Å². The topological polar surface area (TPSA) is 14.1 Å². The van der Waals surface area contributed by atoms with Gasteiger partial charge in [0.25, 0.3) is 0 Å². The molecule has 0 aromatic rings. The Bertz CT molecular complexity index is 77.8. The van der Waals surface area contributed by atoms with E-state index in [1.165, 1.54) is 17.9 Å². The molecule has 0 bridgehead atoms. The molecule has 0 aliphatic heterocycles. The van der Waals surface area contributed by atoms with Gasteiger partial charge in [0.2, 0.25) is 0 Å². The molecule has 72 valence electrons. The molecule has 0 fully saturated rings. The molecule has 0 spiro atoms. The van der Waals surface area contributed by atoms with Crippen LogP contribution >= 0.6 is 0 Å². The monoisotopic (exact) mass is 195 g/mol. The predicted octanol–water partition coefficient (Wildman–Crippen LogP) is -2.33. The van der Waals surface area contributed by atoms with Crippen LogP contribution in [0.5, 0.6) is 0 Å². The number of nitrogens with zero attached hydrogens (tertiary/aromatic N) is 1. The third-order valence-corrected chi connectivity index (χ3v) is 1.30. The Morgan fingerprint density at radius 1 is 1.14 bits per heavy atom. The molecule has 4 heteroatoms. The normalized spacial score (nSPS) is 8.64. The van der Waals surface area contributed by atoms with Gasteiger partial charge >= 0.3 is 91.0 Å². The zero-order chi connectivity index (χ0) is 9.98. The molecule has 0 aliphatic rings. The zero-order valence-corrected chi connectivity index (χ0v) is 13.7. The van der Waals surface area contributed by atoms with E-state index in [1.54, 1.807) is 0 Å². The average Bonchev–Trinajstić information content (AvgIpc) is 1.87. The van der Waals surface area contributed by atoms with Gasteiger partial charge in [-0.15, -0.1) is 12.1 Å². The van der Waals surface area contributed by atoms with Crippen LogP contribution in [0.1, 0.15) is 48.9 Å². The Hall–Kier alpha value is 2.15. The van der Waals surface area contributed by atoms with E-state index >= 15 is 0 Å². The molecule has 0 aromatic heterocycles. The van der Waals surface area contributed by atoms with Crippen LogP contribution in [0, 0.1) is 0 Å². The summed E-state index contributed by atoms with van der Waals surface area (Å²) in [4.78, 5) is 0. The second-order valence-corrected chi connectivity index (χ2v) is 3.69. The van der Waals surface area contributed by atoms with E-state index in [9.17, 15) is 0 Å². The summed E-state index contributed by atoms with van der Waals surface area (Å²) >= 11 is 2.21. The van der Waals surface area contributed by atoms with Crippen LogP contribution in [0.15, 0.2) is 0 Å². The number of hydrogen-bond acceptors (Lipinski definition) is 0. The van der Waals surface area contributed by atoms with Crippen molar-refractivity contribution in [3.63, 3.8) is 0 Å². The second-order valence-electron chi connectivity index (χ2n) is 3.69. The molecular formula is C10H24Li2NNa. The van der Waals surface area contributed by atoms with Crippen molar-refractivity contribution < 1.29 is 49.8 Å². The van der Waals surface area contributed by atoms with Gasteiger partial charge in [-0.2, -0.15) is 0 Å². The van der Waals surface area contributed by atoms with Gasteiger partial charge in [0.1, 0.15) is 0 Å². The predicted molar refractivity (Wildman–Crippen MR) is 60.2 cm³/mol. The Morgan fingerprint density at radius 2 is 1.50 bits per heavy atom. The minimum Gasteiger partial charge on any atom is 1.00 e. The summed E-state index contributed by atoms with van der Waals surface area (Å²) in [5.41, 5.74) is 0. The van der Waals surface area contributed by atoms with Gasteiger partial charge < -0.3 is 6.74 Å². The number of rotatable bonds is 4. The Labute approximate surface area is 136 Å². The molecule has 1 nitrogen and oxygen atoms in total. The molecule has 0 atom stereocenters. The first-order valence-electron chi connectivity index (χ1n) is 5.24. The van der Waals surface area contributed by atoms with Crippen molar-refractivity contribution in [2.75, 3.05) is 0 Å². The summed E-state index contributed by atoms with van der Waals surface area (Å²) in [5.74, 6) is 0. The summed E-state index contributed by atoms with van der Waals surface area (Å²) in [6.07, 6.45) is 2.73. The molecule has 14 heavy (non-hydrogen) atoms. The smallest absolute Gasteiger partial charge is 1.00 e. The van der Waals surface area contributed by atoms with E-state index in [-0.39, 0.29) is 49.8 Å². The first kappa shape index (κ1) is 25.1. The zero-order valence-electron chi connectivity index (χ0n) is 12.7. The summed E-state index contributed by atoms with van der Waals surface area (Å²) in [7, 11) is 0. The van der Waals surface area contributed by atoms with E-state index in [4.69, 9.17) is 0 Å². The van der Waals surface area contributed by atoms with E-state index in [0.717, 1.165) is 0 Å². The number of hydrogen-bond donors (Lipinski definition) is 0. The van der Waals surface area contributed by atoms with Gasteiger partial charge in [-0.05, 0) is 0 Å². The molecule has 0 unspecified atom stereocenters. The van der Waals surface area contributed by atoms with E-state index in [1.807, 2.05) is 0 Å². The third-order valence-electron chi connectivity index (χ3n) is 1.30. The molecule has 0 saturated carbocycles. The van der Waals surface area contributed by atoms with Gasteiger partial charge in [-0.3, -0.25) is 0 Å². The summed E-state index contributed by atoms with van der Waals surface area (Å²) < 4.78 is 0. The van der Waals surface area contributed by atoms with Crippen molar-refractivity contribution in [3.05, 3.63) is 5.32 Å². The minimum absolute atomic E-state index is 0. The summed E-state index contributed by atoms with van der Waals surface area (Å²) in [6, 6.07) is 1.000. The van der Waals surface area contributed by atoms with Crippen molar-refractivity contribution in [2.45, 2.75) is 64.6 Å². The molecule has 0 aromatic carbocycles. The van der Waals surface area contributed by atoms with Crippen LogP contribution < -0.4 is 48.4 Å². The van der Waals surface area contributed by atoms with Crippen molar-refractivity contribution in [1.29, 1.82) is 0 Å². The molecule has 0 amide bonds. The van der Waals surface area contributed by atoms with Gasteiger partial charge in [-0.25, -0.2) is 0 Å². The van der Waals surface area contributed by atoms with E-state index < -0.39 is 0 Å². The quantitative estimate of drug-likeness (QED) is 0.447. The molecule has 0 aliphatic carbocycles. The fourth-order valence-corrected chi connectivity index (χ4v) is 0.950. The maximum Gasteiger partial charge on any atom is 1.00 e. The van der Waals surface area contributed by atoms with Gasteiger partial charge in [-0.1, -0.05) is 27.7 Å². The average molecular weight is 195 g/mol. The van der Waals surface area contributed by atoms with Crippen LogP contribution in [-0.4, -0.2) is 29.8 Å². The first-order chi connectivity index (χ1) is 5.54. The Kier molecular flexibility index (Phi) is 36.9. The van der Waals surface area contributed by atoms with Crippen LogP contribution in [0.3, 0.4) is 0 Å². The molecule has 0 rings (SSSR count). The van der Waals surface area contributed by atoms with Gasteiger partial charge in [0.15, 0.2) is 0 Å². The molecular weight excluding hydrogens is 171 g/mol. The fraction of sp³-hybridized carbons (Fsp3) is 1.00. The van der Waals surface area contributed by atoms with Crippen molar-refractivity contribution >= 4 is 17.7 Å². The standard InChI is InChI=1S/C6H14N.C4H9.2Li.Na.H/c1-5(2)7-6(3)4;1-3-4-2;;;;/h5-6H,1-4H3;1,3-4H2,2H3;;;;/q-1;;;2*+1;-1. The number of unbranched alkanes of at least 4 members (excludes halogenated alkanes) is 1. The van der Waals surface area contributed by atoms with Crippen molar-refractivity contribution in [2.24, 2.45) is 0 Å². The molecule has 0 N–H and O–H groups in total. The molecule has 0 saturated heterocycles. The molecule has 0 radical (unpaired) electrons. The second kappa shape index (κ2) is 20.6. The fourth-order valence-electron chi connectivity index (χ4n) is 0.950. The van der Waals surface area contributed by atoms with Gasteiger partial charge in [0.05, 0.1) is 0 Å². The van der Waals surface area contributed by atoms with Gasteiger partial charge in [0, 0.05) is 0 Å². The SMILES string of the molecule is CC(C)[N-]C(C)C.[H-].[Li+].[Li][CH2]CCC.[Na+]. The summed E-state index contributed by atoms with van der Waals surface area (Å²) in [6.45, 7) is 10.6. The summed E-state index contributed by atoms with van der Waals surface area (Å²) in [5, 5.41) is 5.62. The van der Waals surface area contributed by atoms with E-state index in [2.05, 4.69) is 57.7 Å². The minimum atomic E-state index is 0. The largest absolute Gasteiger partial charge is 1.00 e. The Balaban J connectivity index is -0.0000000383. The van der Waals surface area contributed by atoms with E-state index in [0.29, 0.717) is 12.1 Å². The van der Waals surface area contributed by atoms with Crippen LogP contribution in [0.25, 0.3) is 5.32 Å². The van der Waals surface area contributed by atoms with Crippen molar-refractivity contribution in [3.8, 4) is 0 Å². The maximum atomic E-state index is 4.28. The third kappa shape index (κ3) is 36.8. The maximum absolute atomic E-state index is 4.28. The first-order valence-corrected chi connectivity index (χ1v) is 5.24.